The van der Waals surface area contributed by atoms with Crippen LogP contribution in [0.15, 0.2) is 67.0 Å². The third kappa shape index (κ3) is 7.57. The lowest BCUT2D eigenvalue weighted by Gasteiger charge is -2.36. The minimum absolute atomic E-state index is 0.108. The molecule has 10 nitrogen and oxygen atoms in total. The maximum atomic E-state index is 12.7. The summed E-state index contributed by atoms with van der Waals surface area (Å²) in [5, 5.41) is 3.44. The van der Waals surface area contributed by atoms with Crippen LogP contribution < -0.4 is 16.0 Å². The number of carbonyl (C=O) groups excluding carboxylic acids is 2. The average molecular weight is 609 g/mol. The Morgan fingerprint density at radius 2 is 1.67 bits per heavy atom. The molecule has 1 atom stereocenters. The van der Waals surface area contributed by atoms with Crippen molar-refractivity contribution < 1.29 is 9.59 Å². The van der Waals surface area contributed by atoms with Gasteiger partial charge in [0.25, 0.3) is 0 Å². The number of rotatable bonds is 5. The monoisotopic (exact) mass is 608 g/mol. The highest BCUT2D eigenvalue weighted by molar-refractivity contribution is 5.93. The minimum atomic E-state index is -0.375. The fraction of sp³-hybridized carbons (Fsp3) is 0.400. The van der Waals surface area contributed by atoms with Gasteiger partial charge in [0.05, 0.1) is 11.2 Å². The van der Waals surface area contributed by atoms with Crippen LogP contribution in [-0.4, -0.2) is 76.8 Å². The number of carbonyl (C=O) groups is 2. The van der Waals surface area contributed by atoms with E-state index < -0.39 is 0 Å². The van der Waals surface area contributed by atoms with E-state index in [4.69, 9.17) is 10.7 Å². The molecule has 5 heterocycles. The number of hydrogen-bond donors (Lipinski definition) is 2. The van der Waals surface area contributed by atoms with E-state index in [0.717, 1.165) is 60.1 Å². The molecule has 2 aliphatic heterocycles. The zero-order valence-electron chi connectivity index (χ0n) is 27.0. The normalized spacial score (nSPS) is 17.5. The predicted molar refractivity (Wildman–Crippen MR) is 180 cm³/mol. The van der Waals surface area contributed by atoms with Gasteiger partial charge in [0.2, 0.25) is 11.8 Å². The Kier molecular flexibility index (Phi) is 9.63. The molecule has 236 valence electrons. The second kappa shape index (κ2) is 13.6. The molecule has 2 saturated heterocycles. The lowest BCUT2D eigenvalue weighted by Crippen LogP contribution is -2.49. The van der Waals surface area contributed by atoms with Crippen molar-refractivity contribution in [1.82, 2.24) is 24.8 Å². The number of amides is 2. The van der Waals surface area contributed by atoms with Crippen molar-refractivity contribution in [2.45, 2.75) is 51.5 Å². The molecule has 45 heavy (non-hydrogen) atoms. The predicted octanol–water partition coefficient (Wildman–Crippen LogP) is 5.29. The molecule has 1 aromatic carbocycles. The van der Waals surface area contributed by atoms with Crippen molar-refractivity contribution >= 4 is 40.2 Å². The first-order valence-electron chi connectivity index (χ1n) is 15.6. The molecule has 2 aliphatic rings. The highest BCUT2D eigenvalue weighted by Crippen LogP contribution is 2.30. The number of aromatic nitrogens is 3. The van der Waals surface area contributed by atoms with Gasteiger partial charge in [-0.15, -0.1) is 0 Å². The van der Waals surface area contributed by atoms with Gasteiger partial charge in [0.1, 0.15) is 23.2 Å². The summed E-state index contributed by atoms with van der Waals surface area (Å²) >= 11 is 0. The van der Waals surface area contributed by atoms with Crippen LogP contribution in [0.25, 0.3) is 11.0 Å². The van der Waals surface area contributed by atoms with Gasteiger partial charge in [0, 0.05) is 57.3 Å². The van der Waals surface area contributed by atoms with Gasteiger partial charge in [-0.25, -0.2) is 9.97 Å². The summed E-state index contributed by atoms with van der Waals surface area (Å²) in [6.45, 7) is 10.1. The van der Waals surface area contributed by atoms with E-state index >= 15 is 0 Å². The smallest absolute Gasteiger partial charge is 0.248 e. The van der Waals surface area contributed by atoms with Crippen LogP contribution in [0.5, 0.6) is 0 Å². The van der Waals surface area contributed by atoms with Gasteiger partial charge < -0.3 is 20.9 Å². The molecule has 4 aromatic rings. The van der Waals surface area contributed by atoms with Crippen molar-refractivity contribution in [2.24, 2.45) is 5.73 Å². The Bertz CT molecular complexity index is 1630. The molecule has 0 bridgehead atoms. The van der Waals surface area contributed by atoms with Crippen LogP contribution in [0.3, 0.4) is 0 Å². The summed E-state index contributed by atoms with van der Waals surface area (Å²) < 4.78 is 0. The molecule has 0 saturated carbocycles. The number of piperazine rings is 1. The summed E-state index contributed by atoms with van der Waals surface area (Å²) in [6.07, 6.45) is 7.25. The summed E-state index contributed by atoms with van der Waals surface area (Å²) in [7, 11) is 3.84. The van der Waals surface area contributed by atoms with Gasteiger partial charge >= 0.3 is 0 Å². The van der Waals surface area contributed by atoms with Crippen LogP contribution in [0.2, 0.25) is 0 Å². The van der Waals surface area contributed by atoms with Crippen LogP contribution in [0.4, 0.5) is 17.3 Å². The van der Waals surface area contributed by atoms with Gasteiger partial charge in [-0.2, -0.15) is 0 Å². The number of hydrogen-bond acceptors (Lipinski definition) is 8. The van der Waals surface area contributed by atoms with Crippen molar-refractivity contribution in [3.8, 4) is 0 Å². The molecule has 0 radical (unpaired) electrons. The Morgan fingerprint density at radius 1 is 0.933 bits per heavy atom. The number of nitrogens with one attached hydrogen (secondary N) is 1. The quantitative estimate of drug-likeness (QED) is 0.314. The molecular formula is C35H44N8O2. The topological polar surface area (TPSA) is 121 Å². The lowest BCUT2D eigenvalue weighted by molar-refractivity contribution is -0.139. The zero-order chi connectivity index (χ0) is 32.1. The van der Waals surface area contributed by atoms with E-state index in [0.29, 0.717) is 5.56 Å². The Hall–Kier alpha value is -4.57. The number of primary amides is 1. The number of benzene rings is 1. The van der Waals surface area contributed by atoms with Crippen LogP contribution in [0.1, 0.15) is 67.6 Å². The van der Waals surface area contributed by atoms with Gasteiger partial charge in [-0.3, -0.25) is 19.5 Å². The fourth-order valence-corrected chi connectivity index (χ4v) is 5.68. The Balaban J connectivity index is 0.000000259. The molecule has 2 amide bonds. The van der Waals surface area contributed by atoms with E-state index in [-0.39, 0.29) is 23.3 Å². The Morgan fingerprint density at radius 3 is 2.31 bits per heavy atom. The number of anilines is 3. The Labute approximate surface area is 265 Å². The number of pyridine rings is 3. The van der Waals surface area contributed by atoms with E-state index in [2.05, 4.69) is 51.9 Å². The average Bonchev–Trinajstić information content (AvgIpc) is 3.04. The van der Waals surface area contributed by atoms with Crippen molar-refractivity contribution in [2.75, 3.05) is 50.5 Å². The van der Waals surface area contributed by atoms with E-state index in [9.17, 15) is 9.59 Å². The third-order valence-corrected chi connectivity index (χ3v) is 8.47. The van der Waals surface area contributed by atoms with E-state index in [1.54, 1.807) is 29.4 Å². The summed E-state index contributed by atoms with van der Waals surface area (Å²) in [4.78, 5) is 43.7. The molecular weight excluding hydrogens is 564 g/mol. The number of piperidine rings is 1. The van der Waals surface area contributed by atoms with Crippen molar-refractivity contribution in [3.63, 3.8) is 0 Å². The first-order valence-corrected chi connectivity index (χ1v) is 15.6. The van der Waals surface area contributed by atoms with Crippen molar-refractivity contribution in [3.05, 3.63) is 83.7 Å². The molecule has 0 spiro atoms. The number of nitrogens with zero attached hydrogens (tertiary/aromatic N) is 6. The third-order valence-electron chi connectivity index (χ3n) is 8.47. The fourth-order valence-electron chi connectivity index (χ4n) is 5.68. The molecule has 2 fully saturated rings. The first-order chi connectivity index (χ1) is 21.5. The summed E-state index contributed by atoms with van der Waals surface area (Å²) in [6, 6.07) is 17.0. The highest BCUT2D eigenvalue weighted by atomic mass is 16.2. The number of fused-ring (bicyclic) bond motifs is 1. The van der Waals surface area contributed by atoms with Gasteiger partial charge in [-0.1, -0.05) is 39.0 Å². The first kappa shape index (κ1) is 31.8. The standard InChI is InChI=1S/C24H29N7O.C11H15NO/c1-29-13-14-30(2)24(32)23(29)17-8-9-20(26-16-17)27-19-15-21(31-11-4-3-5-12-31)28-18-7-6-10-25-22(18)19;1-11(2,3)9-6-4-8(5-7-9)10(12)13/h6-10,15-16,23H,3-5,11-14H2,1-2H3,(H,26,27,28);4-7H,1-3H3,(H2,12,13). The summed E-state index contributed by atoms with van der Waals surface area (Å²) in [5.41, 5.74) is 10.5. The lowest BCUT2D eigenvalue weighted by atomic mass is 9.87. The number of likely N-dealkylation sites (N-methyl/N-ethyl adjacent to an activating group) is 2. The van der Waals surface area contributed by atoms with Crippen LogP contribution in [0, 0.1) is 0 Å². The summed E-state index contributed by atoms with van der Waals surface area (Å²) in [5.74, 6) is 1.43. The molecule has 6 rings (SSSR count). The molecule has 10 heteroatoms. The molecule has 3 aromatic heterocycles. The zero-order valence-corrected chi connectivity index (χ0v) is 27.0. The van der Waals surface area contributed by atoms with E-state index in [1.807, 2.05) is 50.5 Å². The van der Waals surface area contributed by atoms with Gasteiger partial charge in [0.15, 0.2) is 0 Å². The largest absolute Gasteiger partial charge is 0.366 e. The molecule has 3 N–H and O–H groups in total. The second-order valence-corrected chi connectivity index (χ2v) is 12.9. The second-order valence-electron chi connectivity index (χ2n) is 12.9. The highest BCUT2D eigenvalue weighted by Gasteiger charge is 2.32. The van der Waals surface area contributed by atoms with E-state index in [1.165, 1.54) is 24.8 Å². The van der Waals surface area contributed by atoms with Crippen LogP contribution >= 0.6 is 0 Å². The minimum Gasteiger partial charge on any atom is -0.366 e. The number of nitrogens with two attached hydrogens (primary N) is 1. The maximum absolute atomic E-state index is 12.7. The SMILES string of the molecule is CC(C)(C)c1ccc(C(N)=O)cc1.CN1CCN(C)C(c2ccc(Nc3cc(N4CCCCC4)nc4cccnc34)nc2)C1=O. The maximum Gasteiger partial charge on any atom is 0.248 e. The molecule has 1 unspecified atom stereocenters. The van der Waals surface area contributed by atoms with Crippen LogP contribution in [-0.2, 0) is 10.2 Å². The molecule has 0 aliphatic carbocycles. The van der Waals surface area contributed by atoms with Crippen molar-refractivity contribution in [1.29, 1.82) is 0 Å². The van der Waals surface area contributed by atoms with Gasteiger partial charge in [-0.05, 0) is 73.2 Å².